The molecule has 0 aliphatic rings. The van der Waals surface area contributed by atoms with Crippen LogP contribution in [0.1, 0.15) is 6.42 Å². The summed E-state index contributed by atoms with van der Waals surface area (Å²) in [6.45, 7) is -0.548. The minimum absolute atomic E-state index is 0.213. The molecule has 1 radical (unpaired) electrons. The largest absolute Gasteiger partial charge is 0.479 e. The van der Waals surface area contributed by atoms with Gasteiger partial charge in [-0.15, -0.1) is 0 Å². The van der Waals surface area contributed by atoms with Crippen molar-refractivity contribution in [3.63, 3.8) is 0 Å². The molecule has 0 heterocycles. The zero-order valence-corrected chi connectivity index (χ0v) is 4.20. The lowest BCUT2D eigenvalue weighted by Gasteiger charge is -1.97. The van der Waals surface area contributed by atoms with E-state index >= 15 is 0 Å². The van der Waals surface area contributed by atoms with Gasteiger partial charge in [-0.05, 0) is 0 Å². The van der Waals surface area contributed by atoms with Gasteiger partial charge in [0.2, 0.25) is 0 Å². The van der Waals surface area contributed by atoms with Crippen LogP contribution >= 0.6 is 0 Å². The van der Waals surface area contributed by atoms with Crippen LogP contribution in [0.2, 0.25) is 0 Å². The summed E-state index contributed by atoms with van der Waals surface area (Å²) in [7, 11) is 0. The van der Waals surface area contributed by atoms with Crippen LogP contribution in [-0.2, 0) is 9.90 Å². The van der Waals surface area contributed by atoms with Gasteiger partial charge in [-0.2, -0.15) is 0 Å². The first kappa shape index (κ1) is 7.39. The van der Waals surface area contributed by atoms with Gasteiger partial charge < -0.3 is 10.2 Å². The van der Waals surface area contributed by atoms with Gasteiger partial charge in [0.15, 0.2) is 6.10 Å². The molecule has 0 saturated heterocycles. The van der Waals surface area contributed by atoms with Gasteiger partial charge in [0.05, 0.1) is 6.61 Å². The number of carboxylic acid groups (broad SMARTS) is 1. The van der Waals surface area contributed by atoms with Crippen molar-refractivity contribution in [2.75, 3.05) is 6.61 Å². The molecule has 0 amide bonds. The molecule has 0 saturated carbocycles. The van der Waals surface area contributed by atoms with Crippen molar-refractivity contribution in [3.8, 4) is 0 Å². The van der Waals surface area contributed by atoms with E-state index in [2.05, 4.69) is 0 Å². The van der Waals surface area contributed by atoms with Crippen molar-refractivity contribution >= 4 is 5.97 Å². The molecule has 4 heteroatoms. The SMILES string of the molecule is [O]CCC(O)C(=O)O. The number of hydrogen-bond donors (Lipinski definition) is 2. The summed E-state index contributed by atoms with van der Waals surface area (Å²) < 4.78 is 0. The van der Waals surface area contributed by atoms with Crippen molar-refractivity contribution in [1.29, 1.82) is 0 Å². The number of carboxylic acids is 1. The van der Waals surface area contributed by atoms with Crippen LogP contribution in [-0.4, -0.2) is 28.9 Å². The molecule has 1 atom stereocenters. The standard InChI is InChI=1S/C4H7O4/c5-2-1-3(6)4(7)8/h3,6H,1-2H2,(H,7,8). The van der Waals surface area contributed by atoms with Crippen LogP contribution in [0.3, 0.4) is 0 Å². The summed E-state index contributed by atoms with van der Waals surface area (Å²) in [5.41, 5.74) is 0. The highest BCUT2D eigenvalue weighted by Crippen LogP contribution is 1.87. The fourth-order valence-corrected chi connectivity index (χ4v) is 0.235. The van der Waals surface area contributed by atoms with Gasteiger partial charge in [0.25, 0.3) is 0 Å². The van der Waals surface area contributed by atoms with Gasteiger partial charge in [-0.3, -0.25) is 0 Å². The van der Waals surface area contributed by atoms with Crippen molar-refractivity contribution in [3.05, 3.63) is 0 Å². The molecule has 2 N–H and O–H groups in total. The second kappa shape index (κ2) is 3.40. The summed E-state index contributed by atoms with van der Waals surface area (Å²) in [4.78, 5) is 9.70. The Kier molecular flexibility index (Phi) is 3.14. The Bertz CT molecular complexity index is 80.1. The molecule has 0 rings (SSSR count). The third kappa shape index (κ3) is 2.54. The predicted octanol–water partition coefficient (Wildman–Crippen LogP) is -0.747. The van der Waals surface area contributed by atoms with Gasteiger partial charge in [-0.25, -0.2) is 9.90 Å². The van der Waals surface area contributed by atoms with Crippen molar-refractivity contribution in [2.24, 2.45) is 0 Å². The Morgan fingerprint density at radius 3 is 2.25 bits per heavy atom. The number of carbonyl (C=O) groups is 1. The molecule has 0 fully saturated rings. The number of hydrogen-bond acceptors (Lipinski definition) is 2. The van der Waals surface area contributed by atoms with Crippen molar-refractivity contribution in [2.45, 2.75) is 12.5 Å². The van der Waals surface area contributed by atoms with Crippen LogP contribution in [0.5, 0.6) is 0 Å². The van der Waals surface area contributed by atoms with Crippen LogP contribution in [0, 0.1) is 0 Å². The summed E-state index contributed by atoms with van der Waals surface area (Å²) in [5, 5.41) is 25.9. The van der Waals surface area contributed by atoms with Crippen molar-refractivity contribution in [1.82, 2.24) is 0 Å². The van der Waals surface area contributed by atoms with E-state index in [0.717, 1.165) is 0 Å². The second-order valence-corrected chi connectivity index (χ2v) is 1.35. The molecule has 0 aromatic heterocycles. The van der Waals surface area contributed by atoms with Crippen LogP contribution < -0.4 is 0 Å². The second-order valence-electron chi connectivity index (χ2n) is 1.35. The molecule has 0 spiro atoms. The van der Waals surface area contributed by atoms with E-state index in [4.69, 9.17) is 10.2 Å². The molecular formula is C4H7O4. The quantitative estimate of drug-likeness (QED) is 0.513. The lowest BCUT2D eigenvalue weighted by Crippen LogP contribution is -2.19. The first-order valence-corrected chi connectivity index (χ1v) is 2.17. The monoisotopic (exact) mass is 119 g/mol. The first-order valence-electron chi connectivity index (χ1n) is 2.17. The highest BCUT2D eigenvalue weighted by molar-refractivity contribution is 5.71. The minimum Gasteiger partial charge on any atom is -0.479 e. The van der Waals surface area contributed by atoms with Crippen LogP contribution in [0.4, 0.5) is 0 Å². The lowest BCUT2D eigenvalue weighted by molar-refractivity contribution is -0.147. The fourth-order valence-electron chi connectivity index (χ4n) is 0.235. The predicted molar refractivity (Wildman–Crippen MR) is 23.8 cm³/mol. The third-order valence-corrected chi connectivity index (χ3v) is 0.676. The van der Waals surface area contributed by atoms with E-state index in [1.165, 1.54) is 0 Å². The fraction of sp³-hybridized carbons (Fsp3) is 0.750. The summed E-state index contributed by atoms with van der Waals surface area (Å²) in [5.74, 6) is -1.33. The Morgan fingerprint density at radius 2 is 2.12 bits per heavy atom. The third-order valence-electron chi connectivity index (χ3n) is 0.676. The molecule has 47 valence electrons. The molecule has 1 unspecified atom stereocenters. The Labute approximate surface area is 46.4 Å². The Hall–Kier alpha value is -0.610. The molecule has 0 bridgehead atoms. The number of rotatable bonds is 3. The van der Waals surface area contributed by atoms with E-state index in [1.807, 2.05) is 0 Å². The summed E-state index contributed by atoms with van der Waals surface area (Å²) in [6.07, 6.45) is -1.69. The smallest absolute Gasteiger partial charge is 0.332 e. The number of aliphatic hydroxyl groups is 1. The maximum absolute atomic E-state index is 9.70. The zero-order chi connectivity index (χ0) is 6.57. The molecule has 0 aliphatic heterocycles. The molecule has 0 aromatic carbocycles. The minimum atomic E-state index is -1.48. The molecule has 8 heavy (non-hydrogen) atoms. The van der Waals surface area contributed by atoms with Crippen LogP contribution in [0.15, 0.2) is 0 Å². The number of aliphatic carboxylic acids is 1. The van der Waals surface area contributed by atoms with E-state index in [1.54, 1.807) is 0 Å². The Morgan fingerprint density at radius 1 is 1.62 bits per heavy atom. The van der Waals surface area contributed by atoms with Crippen molar-refractivity contribution < 1.29 is 20.1 Å². The average molecular weight is 119 g/mol. The first-order chi connectivity index (χ1) is 3.68. The van der Waals surface area contributed by atoms with Gasteiger partial charge in [0.1, 0.15) is 0 Å². The van der Waals surface area contributed by atoms with E-state index in [-0.39, 0.29) is 6.42 Å². The van der Waals surface area contributed by atoms with Gasteiger partial charge in [0, 0.05) is 6.42 Å². The van der Waals surface area contributed by atoms with Gasteiger partial charge in [-0.1, -0.05) is 0 Å². The summed E-state index contributed by atoms with van der Waals surface area (Å²) in [6, 6.07) is 0. The zero-order valence-electron chi connectivity index (χ0n) is 4.20. The molecule has 0 aromatic rings. The summed E-state index contributed by atoms with van der Waals surface area (Å²) >= 11 is 0. The highest BCUT2D eigenvalue weighted by atomic mass is 16.4. The van der Waals surface area contributed by atoms with E-state index in [9.17, 15) is 9.90 Å². The average Bonchev–Trinajstić information content (AvgIpc) is 1.67. The molecule has 0 aliphatic carbocycles. The van der Waals surface area contributed by atoms with Crippen LogP contribution in [0.25, 0.3) is 0 Å². The molecular weight excluding hydrogens is 112 g/mol. The highest BCUT2D eigenvalue weighted by Gasteiger charge is 2.10. The Balaban J connectivity index is 3.32. The van der Waals surface area contributed by atoms with E-state index < -0.39 is 18.7 Å². The maximum atomic E-state index is 9.70. The topological polar surface area (TPSA) is 77.4 Å². The lowest BCUT2D eigenvalue weighted by atomic mass is 10.3. The number of aliphatic hydroxyl groups excluding tert-OH is 1. The maximum Gasteiger partial charge on any atom is 0.332 e. The normalized spacial score (nSPS) is 13.2. The van der Waals surface area contributed by atoms with E-state index in [0.29, 0.717) is 0 Å². The molecule has 4 nitrogen and oxygen atoms in total. The van der Waals surface area contributed by atoms with Gasteiger partial charge >= 0.3 is 5.97 Å².